The highest BCUT2D eigenvalue weighted by Gasteiger charge is 2.10. The van der Waals surface area contributed by atoms with Gasteiger partial charge in [0, 0.05) is 6.54 Å². The van der Waals surface area contributed by atoms with Crippen molar-refractivity contribution >= 4 is 29.2 Å². The van der Waals surface area contributed by atoms with Gasteiger partial charge in [-0.1, -0.05) is 20.8 Å². The minimum absolute atomic E-state index is 0.105. The Bertz CT molecular complexity index is 315. The van der Waals surface area contributed by atoms with Crippen molar-refractivity contribution in [2.24, 2.45) is 5.41 Å². The number of nitrogens with zero attached hydrogens (tertiary/aromatic N) is 3. The predicted octanol–water partition coefficient (Wildman–Crippen LogP) is 3.03. The Morgan fingerprint density at radius 1 is 1.07 bits per heavy atom. The third-order valence-electron chi connectivity index (χ3n) is 1.74. The molecule has 0 amide bonds. The maximum absolute atomic E-state index is 5.63. The quantitative estimate of drug-likeness (QED) is 0.894. The zero-order chi connectivity index (χ0) is 11.5. The van der Waals surface area contributed by atoms with Crippen molar-refractivity contribution in [3.8, 4) is 0 Å². The third kappa shape index (κ3) is 5.14. The number of aromatic nitrogens is 3. The first-order chi connectivity index (χ1) is 6.87. The van der Waals surface area contributed by atoms with E-state index in [0.29, 0.717) is 5.95 Å². The van der Waals surface area contributed by atoms with Crippen LogP contribution in [-0.2, 0) is 0 Å². The molecule has 6 heteroatoms. The molecule has 1 aromatic heterocycles. The van der Waals surface area contributed by atoms with Gasteiger partial charge in [0.1, 0.15) is 0 Å². The van der Waals surface area contributed by atoms with Gasteiger partial charge in [0.25, 0.3) is 0 Å². The van der Waals surface area contributed by atoms with Gasteiger partial charge in [-0.2, -0.15) is 15.0 Å². The first kappa shape index (κ1) is 12.5. The Hall–Kier alpha value is -0.610. The van der Waals surface area contributed by atoms with E-state index in [1.54, 1.807) is 0 Å². The van der Waals surface area contributed by atoms with Crippen LogP contribution in [-0.4, -0.2) is 21.5 Å². The van der Waals surface area contributed by atoms with Crippen LogP contribution in [0.1, 0.15) is 27.2 Å². The summed E-state index contributed by atoms with van der Waals surface area (Å²) >= 11 is 11.3. The smallest absolute Gasteiger partial charge is 0.228 e. The van der Waals surface area contributed by atoms with Gasteiger partial charge in [-0.25, -0.2) is 0 Å². The molecule has 0 aliphatic rings. The molecule has 84 valence electrons. The molecule has 0 bridgehead atoms. The fourth-order valence-electron chi connectivity index (χ4n) is 0.954. The van der Waals surface area contributed by atoms with E-state index in [1.165, 1.54) is 0 Å². The van der Waals surface area contributed by atoms with Crippen molar-refractivity contribution in [3.63, 3.8) is 0 Å². The summed E-state index contributed by atoms with van der Waals surface area (Å²) in [6.07, 6.45) is 1.01. The Morgan fingerprint density at radius 3 is 2.07 bits per heavy atom. The van der Waals surface area contributed by atoms with E-state index >= 15 is 0 Å². The Balaban J connectivity index is 2.51. The predicted molar refractivity (Wildman–Crippen MR) is 62.4 cm³/mol. The molecule has 1 rings (SSSR count). The van der Waals surface area contributed by atoms with E-state index in [2.05, 4.69) is 41.0 Å². The summed E-state index contributed by atoms with van der Waals surface area (Å²) in [4.78, 5) is 11.5. The molecule has 1 heterocycles. The Labute approximate surface area is 99.4 Å². The molecule has 0 unspecified atom stereocenters. The molecule has 0 spiro atoms. The lowest BCUT2D eigenvalue weighted by Gasteiger charge is -2.17. The zero-order valence-corrected chi connectivity index (χ0v) is 10.5. The van der Waals surface area contributed by atoms with E-state index in [0.717, 1.165) is 13.0 Å². The third-order valence-corrected chi connectivity index (χ3v) is 2.08. The molecule has 0 saturated heterocycles. The van der Waals surface area contributed by atoms with Crippen LogP contribution in [0.25, 0.3) is 0 Å². The molecular formula is C9H14Cl2N4. The lowest BCUT2D eigenvalue weighted by molar-refractivity contribution is 0.389. The topological polar surface area (TPSA) is 50.7 Å². The largest absolute Gasteiger partial charge is 0.354 e. The molecule has 0 aliphatic carbocycles. The van der Waals surface area contributed by atoms with Gasteiger partial charge in [0.15, 0.2) is 0 Å². The van der Waals surface area contributed by atoms with Crippen molar-refractivity contribution in [3.05, 3.63) is 10.6 Å². The average Bonchev–Trinajstić information content (AvgIpc) is 1.99. The van der Waals surface area contributed by atoms with Gasteiger partial charge in [0.2, 0.25) is 16.5 Å². The SMILES string of the molecule is CC(C)(C)CCNc1nc(Cl)nc(Cl)n1. The maximum atomic E-state index is 5.63. The second-order valence-electron chi connectivity index (χ2n) is 4.43. The summed E-state index contributed by atoms with van der Waals surface area (Å²) in [5, 5.41) is 3.26. The summed E-state index contributed by atoms with van der Waals surface area (Å²) in [7, 11) is 0. The van der Waals surface area contributed by atoms with Crippen molar-refractivity contribution in [2.45, 2.75) is 27.2 Å². The number of halogens is 2. The number of rotatable bonds is 3. The van der Waals surface area contributed by atoms with Gasteiger partial charge < -0.3 is 5.32 Å². The second-order valence-corrected chi connectivity index (χ2v) is 5.11. The summed E-state index contributed by atoms with van der Waals surface area (Å²) in [5.74, 6) is 0.421. The van der Waals surface area contributed by atoms with E-state index in [4.69, 9.17) is 23.2 Å². The molecule has 1 aromatic rings. The van der Waals surface area contributed by atoms with Crippen molar-refractivity contribution in [1.29, 1.82) is 0 Å². The van der Waals surface area contributed by atoms with E-state index in [9.17, 15) is 0 Å². The molecule has 1 N–H and O–H groups in total. The number of hydrogen-bond acceptors (Lipinski definition) is 4. The Kier molecular flexibility index (Phi) is 4.11. The van der Waals surface area contributed by atoms with Crippen LogP contribution >= 0.6 is 23.2 Å². The van der Waals surface area contributed by atoms with E-state index in [-0.39, 0.29) is 16.0 Å². The molecule has 0 aromatic carbocycles. The van der Waals surface area contributed by atoms with Crippen LogP contribution in [0.15, 0.2) is 0 Å². The van der Waals surface area contributed by atoms with Crippen LogP contribution in [0.2, 0.25) is 10.6 Å². The zero-order valence-electron chi connectivity index (χ0n) is 9.01. The van der Waals surface area contributed by atoms with E-state index in [1.807, 2.05) is 0 Å². The number of nitrogens with one attached hydrogen (secondary N) is 1. The fourth-order valence-corrected chi connectivity index (χ4v) is 1.32. The monoisotopic (exact) mass is 248 g/mol. The van der Waals surface area contributed by atoms with Crippen LogP contribution in [0.4, 0.5) is 5.95 Å². The highest BCUT2D eigenvalue weighted by Crippen LogP contribution is 2.18. The normalized spacial score (nSPS) is 11.5. The van der Waals surface area contributed by atoms with Gasteiger partial charge in [-0.05, 0) is 35.0 Å². The van der Waals surface area contributed by atoms with Gasteiger partial charge in [-0.15, -0.1) is 0 Å². The molecule has 0 fully saturated rings. The lowest BCUT2D eigenvalue weighted by Crippen LogP contribution is -2.14. The fraction of sp³-hybridized carbons (Fsp3) is 0.667. The minimum atomic E-state index is 0.105. The molecule has 0 radical (unpaired) electrons. The van der Waals surface area contributed by atoms with Crippen LogP contribution < -0.4 is 5.32 Å². The number of hydrogen-bond donors (Lipinski definition) is 1. The molecule has 0 aliphatic heterocycles. The molecule has 4 nitrogen and oxygen atoms in total. The second kappa shape index (κ2) is 4.94. The van der Waals surface area contributed by atoms with Crippen molar-refractivity contribution in [2.75, 3.05) is 11.9 Å². The van der Waals surface area contributed by atoms with Crippen LogP contribution in [0, 0.1) is 5.41 Å². The molecule has 0 saturated carbocycles. The summed E-state index contributed by atoms with van der Waals surface area (Å²) < 4.78 is 0. The first-order valence-electron chi connectivity index (χ1n) is 4.68. The van der Waals surface area contributed by atoms with Crippen molar-refractivity contribution in [1.82, 2.24) is 15.0 Å². The van der Waals surface area contributed by atoms with Crippen molar-refractivity contribution < 1.29 is 0 Å². The van der Waals surface area contributed by atoms with Crippen LogP contribution in [0.5, 0.6) is 0 Å². The highest BCUT2D eigenvalue weighted by atomic mass is 35.5. The molecule has 15 heavy (non-hydrogen) atoms. The van der Waals surface area contributed by atoms with Gasteiger partial charge >= 0.3 is 0 Å². The lowest BCUT2D eigenvalue weighted by atomic mass is 9.92. The Morgan fingerprint density at radius 2 is 1.60 bits per heavy atom. The van der Waals surface area contributed by atoms with Gasteiger partial charge in [-0.3, -0.25) is 0 Å². The standard InChI is InChI=1S/C9H14Cl2N4/c1-9(2,3)4-5-12-8-14-6(10)13-7(11)15-8/h4-5H2,1-3H3,(H,12,13,14,15). The molecule has 0 atom stereocenters. The first-order valence-corrected chi connectivity index (χ1v) is 5.43. The average molecular weight is 249 g/mol. The van der Waals surface area contributed by atoms with E-state index < -0.39 is 0 Å². The maximum Gasteiger partial charge on any atom is 0.228 e. The number of anilines is 1. The summed E-state index contributed by atoms with van der Waals surface area (Å²) in [6, 6.07) is 0. The van der Waals surface area contributed by atoms with Gasteiger partial charge in [0.05, 0.1) is 0 Å². The molecular weight excluding hydrogens is 235 g/mol. The minimum Gasteiger partial charge on any atom is -0.354 e. The highest BCUT2D eigenvalue weighted by molar-refractivity contribution is 6.31. The summed E-state index contributed by atoms with van der Waals surface area (Å²) in [5.41, 5.74) is 0.271. The summed E-state index contributed by atoms with van der Waals surface area (Å²) in [6.45, 7) is 7.28. The van der Waals surface area contributed by atoms with Crippen LogP contribution in [0.3, 0.4) is 0 Å².